The first-order chi connectivity index (χ1) is 11.1. The summed E-state index contributed by atoms with van der Waals surface area (Å²) in [7, 11) is 0. The summed E-state index contributed by atoms with van der Waals surface area (Å²) in [6.45, 7) is 1.24. The number of anilines is 2. The molecule has 0 atom stereocenters. The van der Waals surface area contributed by atoms with Crippen LogP contribution in [0.4, 0.5) is 15.9 Å². The number of benzene rings is 1. The number of aromatic nitrogens is 2. The quantitative estimate of drug-likeness (QED) is 0.485. The normalized spacial score (nSPS) is 10.7. The van der Waals surface area contributed by atoms with Gasteiger partial charge in [-0.15, -0.1) is 0 Å². The van der Waals surface area contributed by atoms with Crippen molar-refractivity contribution in [2.45, 2.75) is 0 Å². The fourth-order valence-corrected chi connectivity index (χ4v) is 2.85. The van der Waals surface area contributed by atoms with Crippen molar-refractivity contribution in [1.82, 2.24) is 9.97 Å². The molecule has 23 heavy (non-hydrogen) atoms. The first-order valence-corrected chi connectivity index (χ1v) is 8.14. The number of fused-ring (bicyclic) bond motifs is 1. The third-order valence-corrected chi connectivity index (χ3v) is 4.22. The first kappa shape index (κ1) is 16.0. The average molecular weight is 396 g/mol. The summed E-state index contributed by atoms with van der Waals surface area (Å²) in [6.07, 6.45) is 1.68. The SMILES string of the molecule is Fc1cccc(NCCNc2cc3nccc(Cl)c3cc2Br)n1. The lowest BCUT2D eigenvalue weighted by Gasteiger charge is -2.11. The zero-order chi connectivity index (χ0) is 16.2. The van der Waals surface area contributed by atoms with Gasteiger partial charge in [-0.25, -0.2) is 4.98 Å². The molecule has 118 valence electrons. The second-order valence-corrected chi connectivity index (χ2v) is 6.10. The van der Waals surface area contributed by atoms with E-state index in [1.807, 2.05) is 12.1 Å². The Hall–Kier alpha value is -1.92. The van der Waals surface area contributed by atoms with E-state index in [-0.39, 0.29) is 0 Å². The van der Waals surface area contributed by atoms with Crippen LogP contribution in [-0.4, -0.2) is 23.1 Å². The molecule has 2 N–H and O–H groups in total. The van der Waals surface area contributed by atoms with Crippen LogP contribution < -0.4 is 10.6 Å². The molecule has 0 saturated heterocycles. The Labute approximate surface area is 146 Å². The molecule has 2 aromatic heterocycles. The van der Waals surface area contributed by atoms with Crippen LogP contribution in [0, 0.1) is 5.95 Å². The fourth-order valence-electron chi connectivity index (χ4n) is 2.16. The maximum atomic E-state index is 13.0. The molecule has 7 heteroatoms. The molecule has 0 aliphatic heterocycles. The third-order valence-electron chi connectivity index (χ3n) is 3.24. The van der Waals surface area contributed by atoms with Gasteiger partial charge in [0.05, 0.1) is 16.2 Å². The van der Waals surface area contributed by atoms with Crippen molar-refractivity contribution in [3.8, 4) is 0 Å². The van der Waals surface area contributed by atoms with E-state index in [0.29, 0.717) is 23.9 Å². The molecule has 0 fully saturated rings. The monoisotopic (exact) mass is 394 g/mol. The minimum Gasteiger partial charge on any atom is -0.382 e. The Morgan fingerprint density at radius 3 is 2.78 bits per heavy atom. The van der Waals surface area contributed by atoms with Gasteiger partial charge < -0.3 is 10.6 Å². The summed E-state index contributed by atoms with van der Waals surface area (Å²) in [6, 6.07) is 10.3. The molecule has 0 amide bonds. The summed E-state index contributed by atoms with van der Waals surface area (Å²) in [5.74, 6) is 0.0148. The van der Waals surface area contributed by atoms with Gasteiger partial charge >= 0.3 is 0 Å². The van der Waals surface area contributed by atoms with E-state index < -0.39 is 5.95 Å². The summed E-state index contributed by atoms with van der Waals surface area (Å²) >= 11 is 9.69. The van der Waals surface area contributed by atoms with E-state index in [9.17, 15) is 4.39 Å². The molecule has 0 unspecified atom stereocenters. The summed E-state index contributed by atoms with van der Waals surface area (Å²) in [5, 5.41) is 7.92. The van der Waals surface area contributed by atoms with Gasteiger partial charge in [0.25, 0.3) is 0 Å². The zero-order valence-electron chi connectivity index (χ0n) is 12.0. The smallest absolute Gasteiger partial charge is 0.214 e. The topological polar surface area (TPSA) is 49.8 Å². The summed E-state index contributed by atoms with van der Waals surface area (Å²) in [5.41, 5.74) is 1.74. The predicted octanol–water partition coefficient (Wildman–Crippen LogP) is 4.71. The lowest BCUT2D eigenvalue weighted by atomic mass is 10.2. The van der Waals surface area contributed by atoms with Gasteiger partial charge in [-0.2, -0.15) is 4.39 Å². The standard InChI is InChI=1S/C16H13BrClFN4/c17-11-8-10-12(18)4-5-20-13(10)9-14(11)21-6-7-22-16-3-1-2-15(19)23-16/h1-5,8-9,21H,6-7H2,(H,22,23). The molecular weight excluding hydrogens is 383 g/mol. The van der Waals surface area contributed by atoms with Crippen molar-refractivity contribution in [3.63, 3.8) is 0 Å². The summed E-state index contributed by atoms with van der Waals surface area (Å²) in [4.78, 5) is 8.06. The number of nitrogens with zero attached hydrogens (tertiary/aromatic N) is 2. The largest absolute Gasteiger partial charge is 0.382 e. The lowest BCUT2D eigenvalue weighted by Crippen LogP contribution is -2.14. The highest BCUT2D eigenvalue weighted by Gasteiger charge is 2.06. The number of halogens is 3. The van der Waals surface area contributed by atoms with Gasteiger partial charge in [0.1, 0.15) is 5.82 Å². The van der Waals surface area contributed by atoms with Crippen LogP contribution in [0.3, 0.4) is 0 Å². The molecule has 2 heterocycles. The number of hydrogen-bond donors (Lipinski definition) is 2. The molecule has 0 aliphatic carbocycles. The van der Waals surface area contributed by atoms with Crippen molar-refractivity contribution in [2.24, 2.45) is 0 Å². The van der Waals surface area contributed by atoms with Crippen LogP contribution in [0.25, 0.3) is 10.9 Å². The van der Waals surface area contributed by atoms with Crippen molar-refractivity contribution < 1.29 is 4.39 Å². The van der Waals surface area contributed by atoms with E-state index in [2.05, 4.69) is 36.5 Å². The van der Waals surface area contributed by atoms with Crippen LogP contribution >= 0.6 is 27.5 Å². The van der Waals surface area contributed by atoms with Crippen LogP contribution in [0.2, 0.25) is 5.02 Å². The van der Waals surface area contributed by atoms with E-state index in [1.165, 1.54) is 6.07 Å². The number of nitrogens with one attached hydrogen (secondary N) is 2. The highest BCUT2D eigenvalue weighted by atomic mass is 79.9. The lowest BCUT2D eigenvalue weighted by molar-refractivity contribution is 0.585. The molecule has 0 saturated carbocycles. The molecule has 0 aliphatic rings. The summed E-state index contributed by atoms with van der Waals surface area (Å²) < 4.78 is 13.9. The molecule has 0 bridgehead atoms. The molecule has 3 aromatic rings. The van der Waals surface area contributed by atoms with Crippen molar-refractivity contribution in [1.29, 1.82) is 0 Å². The molecule has 1 aromatic carbocycles. The predicted molar refractivity (Wildman–Crippen MR) is 95.6 cm³/mol. The van der Waals surface area contributed by atoms with Crippen LogP contribution in [0.1, 0.15) is 0 Å². The van der Waals surface area contributed by atoms with E-state index in [4.69, 9.17) is 11.6 Å². The highest BCUT2D eigenvalue weighted by Crippen LogP contribution is 2.31. The van der Waals surface area contributed by atoms with Crippen molar-refractivity contribution in [3.05, 3.63) is 58.0 Å². The van der Waals surface area contributed by atoms with Gasteiger partial charge in [-0.3, -0.25) is 4.98 Å². The van der Waals surface area contributed by atoms with Crippen LogP contribution in [-0.2, 0) is 0 Å². The minimum absolute atomic E-state index is 0.497. The zero-order valence-corrected chi connectivity index (χ0v) is 14.3. The van der Waals surface area contributed by atoms with Crippen molar-refractivity contribution >= 4 is 49.9 Å². The van der Waals surface area contributed by atoms with E-state index >= 15 is 0 Å². The number of pyridine rings is 2. The van der Waals surface area contributed by atoms with Gasteiger partial charge in [0.2, 0.25) is 5.95 Å². The Balaban J connectivity index is 1.64. The van der Waals surface area contributed by atoms with Gasteiger partial charge in [0.15, 0.2) is 0 Å². The van der Waals surface area contributed by atoms with E-state index in [1.54, 1.807) is 24.4 Å². The Morgan fingerprint density at radius 1 is 1.13 bits per heavy atom. The highest BCUT2D eigenvalue weighted by molar-refractivity contribution is 9.10. The van der Waals surface area contributed by atoms with Gasteiger partial charge in [0, 0.05) is 29.1 Å². The Morgan fingerprint density at radius 2 is 1.96 bits per heavy atom. The number of hydrogen-bond acceptors (Lipinski definition) is 4. The molecule has 0 spiro atoms. The van der Waals surface area contributed by atoms with E-state index in [0.717, 1.165) is 21.1 Å². The third kappa shape index (κ3) is 3.89. The Bertz CT molecular complexity index is 843. The maximum Gasteiger partial charge on any atom is 0.214 e. The van der Waals surface area contributed by atoms with Gasteiger partial charge in [-0.05, 0) is 46.3 Å². The number of rotatable bonds is 5. The molecule has 3 rings (SSSR count). The molecule has 4 nitrogen and oxygen atoms in total. The molecule has 0 radical (unpaired) electrons. The maximum absolute atomic E-state index is 13.0. The first-order valence-electron chi connectivity index (χ1n) is 6.97. The fraction of sp³-hybridized carbons (Fsp3) is 0.125. The second-order valence-electron chi connectivity index (χ2n) is 4.84. The minimum atomic E-state index is -0.497. The average Bonchev–Trinajstić information content (AvgIpc) is 2.53. The molecular formula is C16H13BrClFN4. The van der Waals surface area contributed by atoms with Gasteiger partial charge in [-0.1, -0.05) is 17.7 Å². The van der Waals surface area contributed by atoms with Crippen molar-refractivity contribution in [2.75, 3.05) is 23.7 Å². The van der Waals surface area contributed by atoms with Crippen LogP contribution in [0.5, 0.6) is 0 Å². The Kier molecular flexibility index (Phi) is 4.93. The van der Waals surface area contributed by atoms with Crippen LogP contribution in [0.15, 0.2) is 47.1 Å². The second kappa shape index (κ2) is 7.10.